The first kappa shape index (κ1) is 75.5. The van der Waals surface area contributed by atoms with E-state index in [9.17, 15) is 0 Å². The minimum absolute atomic E-state index is 0.0166. The van der Waals surface area contributed by atoms with Crippen LogP contribution in [0, 0.1) is 0 Å². The van der Waals surface area contributed by atoms with Crippen LogP contribution in [0.4, 0.5) is 34.1 Å². The van der Waals surface area contributed by atoms with Crippen molar-refractivity contribution in [2.45, 2.75) is 131 Å². The first-order valence-electron chi connectivity index (χ1n) is 41.6. The van der Waals surface area contributed by atoms with Crippen LogP contribution < -0.4 is 67.7 Å². The highest BCUT2D eigenvalue weighted by Gasteiger charge is 2.49. The van der Waals surface area contributed by atoms with Gasteiger partial charge in [-0.3, -0.25) is 0 Å². The Kier molecular flexibility index (Phi) is 18.6. The molecule has 0 radical (unpaired) electrons. The van der Waals surface area contributed by atoms with Crippen molar-refractivity contribution in [2.24, 2.45) is 0 Å². The Bertz CT molecular complexity index is 6080. The minimum atomic E-state index is -3.18. The summed E-state index contributed by atoms with van der Waals surface area (Å²) in [4.78, 5) is 5.34. The molecule has 0 amide bonds. The average Bonchev–Trinajstić information content (AvgIpc) is 0.870. The number of hydrogen-bond donors (Lipinski definition) is 0. The summed E-state index contributed by atoms with van der Waals surface area (Å²) in [5, 5.41) is 13.2. The Morgan fingerprint density at radius 2 is 0.569 bits per heavy atom. The fourth-order valence-electron chi connectivity index (χ4n) is 19.0. The number of benzene rings is 15. The van der Waals surface area contributed by atoms with Crippen LogP contribution in [0.15, 0.2) is 358 Å². The van der Waals surface area contributed by atoms with Gasteiger partial charge >= 0.3 is 0 Å². The summed E-state index contributed by atoms with van der Waals surface area (Å²) < 4.78 is 2.61. The standard InChI is InChI=1S/C110H104BN3Si2/c1-106(2,3)79-52-49-75(50-53-79)77-51-61-101-97(68-77)111-98-74-94(116(90-43-28-19-29-44-90,91-45-30-20-31-46-91)92-47-32-21-33-48-92)60-64-102(98)113(85-36-34-35-76(67-85)78-65-82(109(10,11)12)69-83(66-78)110(13,14)15)104-73-86(114-99-62-54-80(107(4,5)6)70-95(99)96-71-81(108(7,8)9)55-63-100(96)114)72-103(105(104)111)112(101)84-56-58-93(59-57-84)115(87-37-22-16-23-38-87,88-39-24-17-25-40-88)89-41-26-18-27-42-89/h16-74H,1-15H3. The Hall–Kier alpha value is -11.8. The zero-order valence-corrected chi connectivity index (χ0v) is 72.0. The summed E-state index contributed by atoms with van der Waals surface area (Å²) in [5.74, 6) is 0. The Morgan fingerprint density at radius 1 is 0.216 bits per heavy atom. The average molecular weight is 1540 g/mol. The SMILES string of the molecule is CC(C)(C)c1ccc(-c2ccc3c(c2)B2c4cc([Si](c5ccccc5)(c5ccccc5)c5ccccc5)ccc4N(c4cccc(-c5cc(C(C)(C)C)cc(C(C)(C)C)c5)c4)c4cc(-n5c6ccc(C(C)(C)C)cc6c6cc(C(C)(C)C)ccc65)cc(c42)N3c2ccc([Si](c3ccccc3)(c3ccccc3)c3ccccc3)cc2)cc1. The van der Waals surface area contributed by atoms with E-state index in [1.165, 1.54) is 130 Å². The molecule has 15 aromatic carbocycles. The summed E-state index contributed by atoms with van der Waals surface area (Å²) in [6.45, 7) is 34.9. The van der Waals surface area contributed by atoms with Crippen LogP contribution in [0.1, 0.15) is 132 Å². The van der Waals surface area contributed by atoms with Crippen LogP contribution >= 0.6 is 0 Å². The molecule has 3 heterocycles. The third-order valence-electron chi connectivity index (χ3n) is 25.2. The monoisotopic (exact) mass is 1530 g/mol. The highest BCUT2D eigenvalue weighted by Crippen LogP contribution is 2.49. The first-order valence-corrected chi connectivity index (χ1v) is 45.6. The fraction of sp³-hybridized carbons (Fsp3) is 0.182. The topological polar surface area (TPSA) is 11.4 Å². The molecule has 0 aliphatic carbocycles. The maximum Gasteiger partial charge on any atom is 0.252 e. The van der Waals surface area contributed by atoms with E-state index in [4.69, 9.17) is 0 Å². The van der Waals surface area contributed by atoms with Crippen LogP contribution in [-0.2, 0) is 27.1 Å². The van der Waals surface area contributed by atoms with Gasteiger partial charge in [-0.2, -0.15) is 0 Å². The summed E-state index contributed by atoms with van der Waals surface area (Å²) in [7, 11) is -6.16. The number of fused-ring (bicyclic) bond motifs is 7. The van der Waals surface area contributed by atoms with Crippen LogP contribution in [0.5, 0.6) is 0 Å². The molecule has 16 aromatic rings. The molecule has 18 rings (SSSR count). The predicted octanol–water partition coefficient (Wildman–Crippen LogP) is 21.4. The van der Waals surface area contributed by atoms with Gasteiger partial charge in [0.05, 0.1) is 16.7 Å². The number of hydrogen-bond acceptors (Lipinski definition) is 2. The molecule has 2 aliphatic rings. The second kappa shape index (κ2) is 28.6. The largest absolute Gasteiger partial charge is 0.311 e. The Morgan fingerprint density at radius 3 is 0.991 bits per heavy atom. The van der Waals surface area contributed by atoms with E-state index in [-0.39, 0.29) is 33.8 Å². The Balaban J connectivity index is 0.993. The molecule has 0 atom stereocenters. The lowest BCUT2D eigenvalue weighted by atomic mass is 9.33. The van der Waals surface area contributed by atoms with Gasteiger partial charge in [-0.25, -0.2) is 0 Å². The van der Waals surface area contributed by atoms with Crippen LogP contribution in [0.3, 0.4) is 0 Å². The lowest BCUT2D eigenvalue weighted by Gasteiger charge is -2.45. The third kappa shape index (κ3) is 13.0. The fourth-order valence-corrected chi connectivity index (χ4v) is 28.5. The van der Waals surface area contributed by atoms with Gasteiger partial charge < -0.3 is 14.4 Å². The summed E-state index contributed by atoms with van der Waals surface area (Å²) in [5.41, 5.74) is 25.0. The molecule has 0 N–H and O–H groups in total. The van der Waals surface area contributed by atoms with E-state index < -0.39 is 16.1 Å². The van der Waals surface area contributed by atoms with Crippen LogP contribution in [0.25, 0.3) is 49.7 Å². The van der Waals surface area contributed by atoms with E-state index >= 15 is 0 Å². The highest BCUT2D eigenvalue weighted by molar-refractivity contribution is 7.20. The van der Waals surface area contributed by atoms with E-state index in [1.54, 1.807) is 0 Å². The molecule has 0 spiro atoms. The summed E-state index contributed by atoms with van der Waals surface area (Å²) >= 11 is 0. The number of anilines is 6. The number of aromatic nitrogens is 1. The predicted molar refractivity (Wildman–Crippen MR) is 506 cm³/mol. The minimum Gasteiger partial charge on any atom is -0.311 e. The lowest BCUT2D eigenvalue weighted by Crippen LogP contribution is -2.75. The van der Waals surface area contributed by atoms with Crippen molar-refractivity contribution in [1.29, 1.82) is 0 Å². The molecular formula is C110H104BN3Si2. The van der Waals surface area contributed by atoms with Gasteiger partial charge in [0.2, 0.25) is 0 Å². The highest BCUT2D eigenvalue weighted by atomic mass is 28.3. The van der Waals surface area contributed by atoms with Crippen molar-refractivity contribution in [2.75, 3.05) is 9.80 Å². The molecule has 1 aromatic heterocycles. The maximum absolute atomic E-state index is 3.18. The van der Waals surface area contributed by atoms with Crippen molar-refractivity contribution in [3.8, 4) is 27.9 Å². The van der Waals surface area contributed by atoms with E-state index in [2.05, 4.69) is 476 Å². The molecule has 0 saturated heterocycles. The molecule has 3 nitrogen and oxygen atoms in total. The maximum atomic E-state index is 2.70. The van der Waals surface area contributed by atoms with E-state index in [0.29, 0.717) is 0 Å². The molecule has 6 heteroatoms. The summed E-state index contributed by atoms with van der Waals surface area (Å²) in [6.07, 6.45) is 0. The van der Waals surface area contributed by atoms with E-state index in [0.717, 1.165) is 39.8 Å². The van der Waals surface area contributed by atoms with Crippen molar-refractivity contribution in [1.82, 2.24) is 4.57 Å². The zero-order valence-electron chi connectivity index (χ0n) is 70.0. The molecule has 0 bridgehead atoms. The van der Waals surface area contributed by atoms with Crippen molar-refractivity contribution in [3.63, 3.8) is 0 Å². The molecular weight excluding hydrogens is 1430 g/mol. The second-order valence-electron chi connectivity index (χ2n) is 37.8. The smallest absolute Gasteiger partial charge is 0.252 e. The van der Waals surface area contributed by atoms with Gasteiger partial charge in [-0.1, -0.05) is 389 Å². The number of rotatable bonds is 13. The van der Waals surface area contributed by atoms with Crippen LogP contribution in [0.2, 0.25) is 0 Å². The van der Waals surface area contributed by atoms with Crippen molar-refractivity contribution >= 4 is 137 Å². The molecule has 0 unspecified atom stereocenters. The van der Waals surface area contributed by atoms with Crippen molar-refractivity contribution < 1.29 is 0 Å². The van der Waals surface area contributed by atoms with Gasteiger partial charge in [0, 0.05) is 44.9 Å². The normalized spacial score (nSPS) is 13.2. The van der Waals surface area contributed by atoms with Gasteiger partial charge in [0.1, 0.15) is 0 Å². The summed E-state index contributed by atoms with van der Waals surface area (Å²) in [6, 6.07) is 140. The molecule has 116 heavy (non-hydrogen) atoms. The Labute approximate surface area is 690 Å². The molecule has 2 aliphatic heterocycles. The zero-order chi connectivity index (χ0) is 80.4. The number of nitrogens with zero attached hydrogens (tertiary/aromatic N) is 3. The van der Waals surface area contributed by atoms with Gasteiger partial charge in [-0.05, 0) is 208 Å². The van der Waals surface area contributed by atoms with E-state index in [1.807, 2.05) is 0 Å². The molecule has 570 valence electrons. The van der Waals surface area contributed by atoms with Crippen LogP contribution in [-0.4, -0.2) is 27.4 Å². The third-order valence-corrected chi connectivity index (χ3v) is 34.8. The molecule has 0 fully saturated rings. The quantitative estimate of drug-likeness (QED) is 0.0842. The second-order valence-corrected chi connectivity index (χ2v) is 45.4. The first-order chi connectivity index (χ1) is 55.7. The lowest BCUT2D eigenvalue weighted by molar-refractivity contribution is 0.569. The van der Waals surface area contributed by atoms with Crippen molar-refractivity contribution in [3.05, 3.63) is 386 Å². The van der Waals surface area contributed by atoms with Gasteiger partial charge in [-0.15, -0.1) is 0 Å². The van der Waals surface area contributed by atoms with Gasteiger partial charge in [0.25, 0.3) is 6.71 Å². The molecule has 0 saturated carbocycles. The van der Waals surface area contributed by atoms with Gasteiger partial charge in [0.15, 0.2) is 16.1 Å².